The molecular formula is C40H46N2O7. The number of rotatable bonds is 18. The molecule has 1 unspecified atom stereocenters. The van der Waals surface area contributed by atoms with Crippen molar-refractivity contribution in [2.24, 2.45) is 4.99 Å². The molecule has 9 heteroatoms. The summed E-state index contributed by atoms with van der Waals surface area (Å²) in [5, 5.41) is 3.48. The van der Waals surface area contributed by atoms with Crippen LogP contribution in [-0.4, -0.2) is 55.0 Å². The number of anilines is 1. The molecule has 0 saturated heterocycles. The van der Waals surface area contributed by atoms with E-state index in [1.54, 1.807) is 35.5 Å². The highest BCUT2D eigenvalue weighted by Gasteiger charge is 2.17. The number of fused-ring (bicyclic) bond motifs is 1. The van der Waals surface area contributed by atoms with E-state index >= 15 is 0 Å². The van der Waals surface area contributed by atoms with E-state index in [4.69, 9.17) is 33.2 Å². The molecule has 4 aromatic rings. The number of unbranched alkanes of at least 4 members (excludes halogenated alkanes) is 4. The second kappa shape index (κ2) is 17.7. The molecule has 1 atom stereocenters. The third-order valence-corrected chi connectivity index (χ3v) is 8.27. The summed E-state index contributed by atoms with van der Waals surface area (Å²) < 4.78 is 39.8. The van der Waals surface area contributed by atoms with Crippen molar-refractivity contribution in [3.8, 4) is 40.2 Å². The van der Waals surface area contributed by atoms with Gasteiger partial charge in [0.2, 0.25) is 5.75 Å². The van der Waals surface area contributed by atoms with E-state index in [-0.39, 0.29) is 6.17 Å². The summed E-state index contributed by atoms with van der Waals surface area (Å²) in [6.07, 6.45) is 10.9. The number of nitrogens with one attached hydrogen (secondary N) is 1. The molecule has 1 N–H and O–H groups in total. The topological polar surface area (TPSA) is 89.0 Å². The van der Waals surface area contributed by atoms with Crippen LogP contribution in [-0.2, 0) is 0 Å². The highest BCUT2D eigenvalue weighted by Crippen LogP contribution is 2.39. The molecule has 49 heavy (non-hydrogen) atoms. The van der Waals surface area contributed by atoms with Crippen molar-refractivity contribution in [1.29, 1.82) is 0 Å². The number of ether oxygens (including phenoxy) is 7. The Labute approximate surface area is 289 Å². The zero-order chi connectivity index (χ0) is 34.4. The molecule has 1 aliphatic heterocycles. The van der Waals surface area contributed by atoms with E-state index < -0.39 is 0 Å². The predicted molar refractivity (Wildman–Crippen MR) is 195 cm³/mol. The number of methoxy groups -OCH3 is 5. The van der Waals surface area contributed by atoms with Gasteiger partial charge in [0, 0.05) is 23.0 Å². The van der Waals surface area contributed by atoms with Crippen LogP contribution in [0.4, 0.5) is 5.69 Å². The fourth-order valence-electron chi connectivity index (χ4n) is 5.62. The monoisotopic (exact) mass is 666 g/mol. The Morgan fingerprint density at radius 1 is 0.571 bits per heavy atom. The molecule has 258 valence electrons. The second-order valence-electron chi connectivity index (χ2n) is 11.5. The molecule has 0 amide bonds. The van der Waals surface area contributed by atoms with Gasteiger partial charge in [-0.25, -0.2) is 0 Å². The average molecular weight is 667 g/mol. The number of aliphatic imine (C=N–C) groups is 1. The van der Waals surface area contributed by atoms with Crippen LogP contribution in [0.1, 0.15) is 60.5 Å². The fraction of sp³-hybridized carbons (Fsp3) is 0.325. The maximum Gasteiger partial charge on any atom is 0.203 e. The molecule has 0 saturated carbocycles. The zero-order valence-electron chi connectivity index (χ0n) is 29.0. The summed E-state index contributed by atoms with van der Waals surface area (Å²) in [5.41, 5.74) is 5.08. The van der Waals surface area contributed by atoms with E-state index in [0.717, 1.165) is 71.5 Å². The van der Waals surface area contributed by atoms with Crippen LogP contribution in [0.3, 0.4) is 0 Å². The van der Waals surface area contributed by atoms with E-state index in [0.29, 0.717) is 42.0 Å². The molecular weight excluding hydrogens is 620 g/mol. The van der Waals surface area contributed by atoms with Crippen molar-refractivity contribution >= 4 is 24.1 Å². The molecule has 1 aliphatic rings. The lowest BCUT2D eigenvalue weighted by Crippen LogP contribution is -2.14. The molecule has 0 spiro atoms. The first kappa shape index (κ1) is 35.0. The summed E-state index contributed by atoms with van der Waals surface area (Å²) in [6, 6.07) is 23.9. The summed E-state index contributed by atoms with van der Waals surface area (Å²) in [5.74, 6) is 4.66. The summed E-state index contributed by atoms with van der Waals surface area (Å²) in [6.45, 7) is 1.24. The molecule has 5 rings (SSSR count). The lowest BCUT2D eigenvalue weighted by molar-refractivity contribution is 0.276. The van der Waals surface area contributed by atoms with Gasteiger partial charge in [0.25, 0.3) is 0 Å². The van der Waals surface area contributed by atoms with Crippen LogP contribution in [0.15, 0.2) is 77.8 Å². The van der Waals surface area contributed by atoms with Crippen LogP contribution in [0.5, 0.6) is 40.2 Å². The molecule has 0 aromatic heterocycles. The first-order chi connectivity index (χ1) is 24.1. The largest absolute Gasteiger partial charge is 0.493 e. The lowest BCUT2D eigenvalue weighted by atomic mass is 10.1. The van der Waals surface area contributed by atoms with Gasteiger partial charge in [-0.05, 0) is 66.4 Å². The number of hydrogen-bond acceptors (Lipinski definition) is 9. The highest BCUT2D eigenvalue weighted by atomic mass is 16.5. The Morgan fingerprint density at radius 3 is 1.88 bits per heavy atom. The van der Waals surface area contributed by atoms with Gasteiger partial charge in [0.1, 0.15) is 6.17 Å². The van der Waals surface area contributed by atoms with Gasteiger partial charge in [0.15, 0.2) is 34.5 Å². The molecule has 0 bridgehead atoms. The Kier molecular flexibility index (Phi) is 12.7. The van der Waals surface area contributed by atoms with E-state index in [9.17, 15) is 0 Å². The lowest BCUT2D eigenvalue weighted by Gasteiger charge is -2.22. The average Bonchev–Trinajstić information content (AvgIpc) is 3.15. The van der Waals surface area contributed by atoms with E-state index in [1.807, 2.05) is 85.1 Å². The van der Waals surface area contributed by atoms with Gasteiger partial charge < -0.3 is 38.5 Å². The van der Waals surface area contributed by atoms with E-state index in [2.05, 4.69) is 16.4 Å². The predicted octanol–water partition coefficient (Wildman–Crippen LogP) is 8.85. The number of para-hydroxylation sites is 1. The molecule has 4 aromatic carbocycles. The molecule has 1 heterocycles. The molecule has 0 aliphatic carbocycles. The van der Waals surface area contributed by atoms with Crippen molar-refractivity contribution in [3.63, 3.8) is 0 Å². The van der Waals surface area contributed by atoms with Crippen LogP contribution >= 0.6 is 0 Å². The number of nitrogens with zero attached hydrogens (tertiary/aromatic N) is 1. The second-order valence-corrected chi connectivity index (χ2v) is 11.5. The Hall–Kier alpha value is -5.31. The maximum absolute atomic E-state index is 6.14. The third-order valence-electron chi connectivity index (χ3n) is 8.27. The number of hydrogen-bond donors (Lipinski definition) is 1. The van der Waals surface area contributed by atoms with Gasteiger partial charge in [-0.3, -0.25) is 4.99 Å². The normalized spacial score (nSPS) is 13.4. The fourth-order valence-corrected chi connectivity index (χ4v) is 5.62. The van der Waals surface area contributed by atoms with Crippen molar-refractivity contribution < 1.29 is 33.2 Å². The summed E-state index contributed by atoms with van der Waals surface area (Å²) >= 11 is 0. The van der Waals surface area contributed by atoms with Crippen LogP contribution in [0.25, 0.3) is 12.2 Å². The Bertz CT molecular complexity index is 1710. The Morgan fingerprint density at radius 2 is 1.18 bits per heavy atom. The number of benzene rings is 4. The Balaban J connectivity index is 1.03. The minimum atomic E-state index is -0.163. The minimum Gasteiger partial charge on any atom is -0.493 e. The quantitative estimate of drug-likeness (QED) is 0.0833. The SMILES string of the molecule is COc1cc(C2N=Cc3ccccc3N2)ccc1OCCCCCCCOc1cc(/C=C\c2cc(OC)c(OC)c(OC)c2)ccc1OC. The first-order valence-electron chi connectivity index (χ1n) is 16.5. The van der Waals surface area contributed by atoms with Crippen LogP contribution in [0, 0.1) is 0 Å². The zero-order valence-corrected chi connectivity index (χ0v) is 29.0. The van der Waals surface area contributed by atoms with Gasteiger partial charge in [-0.2, -0.15) is 0 Å². The maximum atomic E-state index is 6.14. The van der Waals surface area contributed by atoms with Crippen molar-refractivity contribution in [2.75, 3.05) is 54.1 Å². The van der Waals surface area contributed by atoms with Gasteiger partial charge >= 0.3 is 0 Å². The van der Waals surface area contributed by atoms with Crippen molar-refractivity contribution in [3.05, 3.63) is 95.1 Å². The summed E-state index contributed by atoms with van der Waals surface area (Å²) in [4.78, 5) is 4.66. The van der Waals surface area contributed by atoms with Crippen LogP contribution < -0.4 is 38.5 Å². The van der Waals surface area contributed by atoms with Crippen LogP contribution in [0.2, 0.25) is 0 Å². The van der Waals surface area contributed by atoms with Gasteiger partial charge in [0.05, 0.1) is 48.8 Å². The van der Waals surface area contributed by atoms with Gasteiger partial charge in [-0.1, -0.05) is 61.7 Å². The first-order valence-corrected chi connectivity index (χ1v) is 16.5. The van der Waals surface area contributed by atoms with Crippen molar-refractivity contribution in [2.45, 2.75) is 38.3 Å². The molecule has 9 nitrogen and oxygen atoms in total. The smallest absolute Gasteiger partial charge is 0.203 e. The highest BCUT2D eigenvalue weighted by molar-refractivity contribution is 5.89. The molecule has 0 radical (unpaired) electrons. The third kappa shape index (κ3) is 9.19. The van der Waals surface area contributed by atoms with E-state index in [1.165, 1.54) is 0 Å². The summed E-state index contributed by atoms with van der Waals surface area (Å²) in [7, 11) is 8.13. The molecule has 0 fully saturated rings. The minimum absolute atomic E-state index is 0.163. The standard InChI is InChI=1S/C40H46N2O7/c1-43-33-19-17-28(15-16-29-24-37(45-3)39(47-5)38(25-29)46-4)23-36(33)49-22-12-8-6-7-11-21-48-34-20-18-30(26-35(34)44-2)40-41-27-31-13-9-10-14-32(31)42-40/h9-10,13-20,23-27,40,42H,6-8,11-12,21-22H2,1-5H3/b16-15-. The van der Waals surface area contributed by atoms with Crippen molar-refractivity contribution in [1.82, 2.24) is 0 Å². The van der Waals surface area contributed by atoms with Gasteiger partial charge in [-0.15, -0.1) is 0 Å².